The normalized spacial score (nSPS) is 13.4. The smallest absolute Gasteiger partial charge is 0.332 e. The zero-order valence-electron chi connectivity index (χ0n) is 11.2. The van der Waals surface area contributed by atoms with Gasteiger partial charge in [0.2, 0.25) is 5.91 Å². The van der Waals surface area contributed by atoms with Gasteiger partial charge in [-0.05, 0) is 19.8 Å². The molecule has 1 amide bonds. The van der Waals surface area contributed by atoms with Crippen molar-refractivity contribution in [1.29, 1.82) is 0 Å². The third kappa shape index (κ3) is 8.36. The monoisotopic (exact) mass is 265 g/mol. The summed E-state index contributed by atoms with van der Waals surface area (Å²) < 4.78 is 23.0. The molecule has 1 N–H and O–H groups in total. The van der Waals surface area contributed by atoms with Crippen LogP contribution in [0.15, 0.2) is 0 Å². The van der Waals surface area contributed by atoms with Gasteiger partial charge in [-0.1, -0.05) is 13.8 Å². The molecule has 0 spiro atoms. The molecule has 6 heteroatoms. The van der Waals surface area contributed by atoms with Gasteiger partial charge >= 0.3 is 7.60 Å². The summed E-state index contributed by atoms with van der Waals surface area (Å²) in [7, 11) is -3.08. The Morgan fingerprint density at radius 3 is 2.06 bits per heavy atom. The van der Waals surface area contributed by atoms with Crippen molar-refractivity contribution < 1.29 is 18.4 Å². The molecule has 0 aliphatic rings. The minimum Gasteiger partial charge on any atom is -0.353 e. The van der Waals surface area contributed by atoms with E-state index in [0.717, 1.165) is 12.8 Å². The van der Waals surface area contributed by atoms with Gasteiger partial charge < -0.3 is 14.4 Å². The molecule has 0 aromatic heterocycles. The van der Waals surface area contributed by atoms with Gasteiger partial charge in [0.1, 0.15) is 0 Å². The van der Waals surface area contributed by atoms with Gasteiger partial charge in [0.25, 0.3) is 0 Å². The maximum absolute atomic E-state index is 12.3. The molecule has 0 aromatic rings. The summed E-state index contributed by atoms with van der Waals surface area (Å²) in [6, 6.07) is -0.216. The highest BCUT2D eigenvalue weighted by molar-refractivity contribution is 7.53. The van der Waals surface area contributed by atoms with Gasteiger partial charge in [-0.25, -0.2) is 0 Å². The Labute approximate surface area is 104 Å². The fraction of sp³-hybridized carbons (Fsp3) is 0.909. The summed E-state index contributed by atoms with van der Waals surface area (Å²) in [5.74, 6) is -0.143. The third-order valence-corrected chi connectivity index (χ3v) is 4.08. The minimum absolute atomic E-state index is 0.143. The van der Waals surface area contributed by atoms with E-state index in [4.69, 9.17) is 9.05 Å². The van der Waals surface area contributed by atoms with Crippen LogP contribution < -0.4 is 5.32 Å². The zero-order chi connectivity index (χ0) is 13.3. The average molecular weight is 265 g/mol. The van der Waals surface area contributed by atoms with Crippen molar-refractivity contribution in [2.75, 3.05) is 19.4 Å². The standard InChI is InChI=1S/C11H24NO4P/c1-5-7-15-17(14,16-8-6-2)9-10(3)12-11(4)13/h10H,5-9H2,1-4H3,(H,12,13)/t10-/m1/s1. The lowest BCUT2D eigenvalue weighted by atomic mass is 10.4. The van der Waals surface area contributed by atoms with Crippen LogP contribution >= 0.6 is 7.60 Å². The molecular weight excluding hydrogens is 241 g/mol. The highest BCUT2D eigenvalue weighted by atomic mass is 31.2. The minimum atomic E-state index is -3.08. The SMILES string of the molecule is CCCOP(=O)(C[C@@H](C)NC(C)=O)OCCC. The first-order valence-electron chi connectivity index (χ1n) is 6.08. The molecule has 0 saturated heterocycles. The molecule has 0 fully saturated rings. The summed E-state index contributed by atoms with van der Waals surface area (Å²) in [4.78, 5) is 10.9. The van der Waals surface area contributed by atoms with E-state index >= 15 is 0 Å². The molecule has 0 rings (SSSR count). The van der Waals surface area contributed by atoms with E-state index in [9.17, 15) is 9.36 Å². The Morgan fingerprint density at radius 2 is 1.71 bits per heavy atom. The summed E-state index contributed by atoms with van der Waals surface area (Å²) in [5.41, 5.74) is 0. The first-order valence-corrected chi connectivity index (χ1v) is 7.81. The van der Waals surface area contributed by atoms with Crippen molar-refractivity contribution in [1.82, 2.24) is 5.32 Å². The van der Waals surface area contributed by atoms with Gasteiger partial charge in [-0.2, -0.15) is 0 Å². The van der Waals surface area contributed by atoms with E-state index in [-0.39, 0.29) is 18.1 Å². The van der Waals surface area contributed by atoms with Crippen LogP contribution in [-0.2, 0) is 18.4 Å². The second-order valence-electron chi connectivity index (χ2n) is 4.06. The fourth-order valence-corrected chi connectivity index (χ4v) is 3.30. The fourth-order valence-electron chi connectivity index (χ4n) is 1.33. The lowest BCUT2D eigenvalue weighted by Gasteiger charge is -2.21. The summed E-state index contributed by atoms with van der Waals surface area (Å²) >= 11 is 0. The zero-order valence-corrected chi connectivity index (χ0v) is 12.1. The van der Waals surface area contributed by atoms with Gasteiger partial charge in [0.15, 0.2) is 0 Å². The van der Waals surface area contributed by atoms with Gasteiger partial charge in [-0.15, -0.1) is 0 Å². The van der Waals surface area contributed by atoms with Crippen LogP contribution in [0, 0.1) is 0 Å². The summed E-state index contributed by atoms with van der Waals surface area (Å²) in [6.07, 6.45) is 1.79. The van der Waals surface area contributed by atoms with Crippen molar-refractivity contribution in [3.63, 3.8) is 0 Å². The van der Waals surface area contributed by atoms with Crippen molar-refractivity contribution >= 4 is 13.5 Å². The Hall–Kier alpha value is -0.380. The van der Waals surface area contributed by atoms with Crippen LogP contribution in [0.3, 0.4) is 0 Å². The molecule has 0 aliphatic carbocycles. The van der Waals surface area contributed by atoms with Gasteiger partial charge in [0.05, 0.1) is 19.4 Å². The molecule has 5 nitrogen and oxygen atoms in total. The van der Waals surface area contributed by atoms with Crippen molar-refractivity contribution in [3.8, 4) is 0 Å². The van der Waals surface area contributed by atoms with Crippen molar-refractivity contribution in [3.05, 3.63) is 0 Å². The Kier molecular flexibility index (Phi) is 8.48. The summed E-state index contributed by atoms with van der Waals surface area (Å²) in [6.45, 7) is 7.93. The molecular formula is C11H24NO4P. The van der Waals surface area contributed by atoms with E-state index in [2.05, 4.69) is 5.32 Å². The Bertz CT molecular complexity index is 258. The number of hydrogen-bond donors (Lipinski definition) is 1. The second kappa shape index (κ2) is 8.67. The second-order valence-corrected chi connectivity index (χ2v) is 6.16. The predicted octanol–water partition coefficient (Wildman–Crippen LogP) is 2.56. The summed E-state index contributed by atoms with van der Waals surface area (Å²) in [5, 5.41) is 2.68. The van der Waals surface area contributed by atoms with Gasteiger partial charge in [-0.3, -0.25) is 9.36 Å². The predicted molar refractivity (Wildman–Crippen MR) is 68.2 cm³/mol. The lowest BCUT2D eigenvalue weighted by molar-refractivity contribution is -0.119. The van der Waals surface area contributed by atoms with Crippen molar-refractivity contribution in [2.24, 2.45) is 0 Å². The van der Waals surface area contributed by atoms with Crippen LogP contribution in [0.25, 0.3) is 0 Å². The number of hydrogen-bond acceptors (Lipinski definition) is 4. The molecule has 1 atom stereocenters. The molecule has 0 saturated carbocycles. The Balaban J connectivity index is 4.35. The molecule has 0 heterocycles. The molecule has 0 aliphatic heterocycles. The van der Waals surface area contributed by atoms with E-state index < -0.39 is 7.60 Å². The van der Waals surface area contributed by atoms with E-state index in [1.807, 2.05) is 13.8 Å². The highest BCUT2D eigenvalue weighted by Crippen LogP contribution is 2.48. The Morgan fingerprint density at radius 1 is 1.24 bits per heavy atom. The number of nitrogens with one attached hydrogen (secondary N) is 1. The molecule has 17 heavy (non-hydrogen) atoms. The van der Waals surface area contributed by atoms with Crippen LogP contribution in [0.2, 0.25) is 0 Å². The van der Waals surface area contributed by atoms with Crippen LogP contribution in [0.1, 0.15) is 40.5 Å². The number of rotatable bonds is 9. The topological polar surface area (TPSA) is 64.6 Å². The van der Waals surface area contributed by atoms with Crippen LogP contribution in [0.4, 0.5) is 0 Å². The largest absolute Gasteiger partial charge is 0.353 e. The number of amides is 1. The average Bonchev–Trinajstić information content (AvgIpc) is 2.22. The lowest BCUT2D eigenvalue weighted by Crippen LogP contribution is -2.33. The first-order chi connectivity index (χ1) is 7.93. The molecule has 102 valence electrons. The third-order valence-electron chi connectivity index (χ3n) is 1.93. The van der Waals surface area contributed by atoms with E-state index in [1.165, 1.54) is 6.92 Å². The maximum Gasteiger partial charge on any atom is 0.332 e. The first kappa shape index (κ1) is 16.6. The molecule has 0 aromatic carbocycles. The highest BCUT2D eigenvalue weighted by Gasteiger charge is 2.27. The number of carbonyl (C=O) groups is 1. The quantitative estimate of drug-likeness (QED) is 0.651. The molecule has 0 unspecified atom stereocenters. The maximum atomic E-state index is 12.3. The molecule has 0 radical (unpaired) electrons. The van der Waals surface area contributed by atoms with Crippen LogP contribution in [0.5, 0.6) is 0 Å². The van der Waals surface area contributed by atoms with Gasteiger partial charge in [0, 0.05) is 13.0 Å². The molecule has 0 bridgehead atoms. The van der Waals surface area contributed by atoms with Crippen molar-refractivity contribution in [2.45, 2.75) is 46.6 Å². The number of carbonyl (C=O) groups excluding carboxylic acids is 1. The van der Waals surface area contributed by atoms with Crippen LogP contribution in [-0.4, -0.2) is 31.3 Å². The van der Waals surface area contributed by atoms with E-state index in [0.29, 0.717) is 13.2 Å². The van der Waals surface area contributed by atoms with E-state index in [1.54, 1.807) is 6.92 Å².